The standard InChI is InChI=1S/C11H19N3O3/c1-3-6-17-7-5-14-10(15)9(12)8-13(4-2)11(14)16/h8H,3-7,12H2,1-2H3. The molecule has 1 aromatic heterocycles. The van der Waals surface area contributed by atoms with E-state index in [0.717, 1.165) is 11.0 Å². The summed E-state index contributed by atoms with van der Waals surface area (Å²) in [4.78, 5) is 23.5. The first-order chi connectivity index (χ1) is 8.11. The molecule has 1 aromatic rings. The maximum absolute atomic E-state index is 11.9. The zero-order valence-corrected chi connectivity index (χ0v) is 10.3. The average molecular weight is 241 g/mol. The lowest BCUT2D eigenvalue weighted by Gasteiger charge is -2.10. The van der Waals surface area contributed by atoms with Crippen molar-refractivity contribution in [1.29, 1.82) is 0 Å². The van der Waals surface area contributed by atoms with Gasteiger partial charge in [0.15, 0.2) is 0 Å². The largest absolute Gasteiger partial charge is 0.393 e. The maximum atomic E-state index is 11.9. The normalized spacial score (nSPS) is 10.7. The molecule has 96 valence electrons. The third kappa shape index (κ3) is 3.20. The van der Waals surface area contributed by atoms with Gasteiger partial charge in [0.25, 0.3) is 5.56 Å². The molecule has 0 amide bonds. The molecule has 0 saturated carbocycles. The Morgan fingerprint density at radius 2 is 2.00 bits per heavy atom. The number of anilines is 1. The van der Waals surface area contributed by atoms with E-state index in [4.69, 9.17) is 10.5 Å². The van der Waals surface area contributed by atoms with Crippen molar-refractivity contribution >= 4 is 5.69 Å². The first-order valence-electron chi connectivity index (χ1n) is 5.79. The van der Waals surface area contributed by atoms with Crippen LogP contribution in [0.25, 0.3) is 0 Å². The summed E-state index contributed by atoms with van der Waals surface area (Å²) >= 11 is 0. The van der Waals surface area contributed by atoms with Crippen LogP contribution in [0.4, 0.5) is 5.69 Å². The minimum absolute atomic E-state index is 0.0851. The molecule has 1 rings (SSSR count). The molecule has 2 N–H and O–H groups in total. The SMILES string of the molecule is CCCOCCn1c(=O)c(N)cn(CC)c1=O. The number of hydrogen-bond acceptors (Lipinski definition) is 4. The second kappa shape index (κ2) is 6.24. The van der Waals surface area contributed by atoms with E-state index in [1.54, 1.807) is 0 Å². The lowest BCUT2D eigenvalue weighted by molar-refractivity contribution is 0.125. The summed E-state index contributed by atoms with van der Waals surface area (Å²) in [5.74, 6) is 0. The van der Waals surface area contributed by atoms with Gasteiger partial charge in [-0.3, -0.25) is 13.9 Å². The minimum atomic E-state index is -0.445. The monoisotopic (exact) mass is 241 g/mol. The number of nitrogen functional groups attached to an aromatic ring is 1. The lowest BCUT2D eigenvalue weighted by atomic mass is 10.5. The molecule has 0 aromatic carbocycles. The van der Waals surface area contributed by atoms with Crippen molar-refractivity contribution < 1.29 is 4.74 Å². The summed E-state index contributed by atoms with van der Waals surface area (Å²) in [6.07, 6.45) is 2.29. The van der Waals surface area contributed by atoms with Crippen LogP contribution in [0.2, 0.25) is 0 Å². The molecule has 0 unspecified atom stereocenters. The summed E-state index contributed by atoms with van der Waals surface area (Å²) in [5.41, 5.74) is 4.86. The van der Waals surface area contributed by atoms with Crippen molar-refractivity contribution in [3.8, 4) is 0 Å². The van der Waals surface area contributed by atoms with Crippen molar-refractivity contribution in [2.24, 2.45) is 0 Å². The lowest BCUT2D eigenvalue weighted by Crippen LogP contribution is -2.41. The topological polar surface area (TPSA) is 79.2 Å². The third-order valence-corrected chi connectivity index (χ3v) is 2.41. The van der Waals surface area contributed by atoms with Gasteiger partial charge in [-0.15, -0.1) is 0 Å². The fraction of sp³-hybridized carbons (Fsp3) is 0.636. The Labute approximate surface area is 99.6 Å². The predicted molar refractivity (Wildman–Crippen MR) is 66.2 cm³/mol. The Hall–Kier alpha value is -1.56. The van der Waals surface area contributed by atoms with Crippen molar-refractivity contribution in [3.05, 3.63) is 27.0 Å². The van der Waals surface area contributed by atoms with Gasteiger partial charge in [-0.25, -0.2) is 4.79 Å². The molecule has 6 heteroatoms. The Bertz CT molecular complexity index is 476. The Balaban J connectivity index is 2.94. The maximum Gasteiger partial charge on any atom is 0.331 e. The van der Waals surface area contributed by atoms with Crippen LogP contribution in [0.1, 0.15) is 20.3 Å². The van der Waals surface area contributed by atoms with Crippen LogP contribution in [0.15, 0.2) is 15.8 Å². The van der Waals surface area contributed by atoms with E-state index in [9.17, 15) is 9.59 Å². The second-order valence-electron chi connectivity index (χ2n) is 3.72. The summed E-state index contributed by atoms with van der Waals surface area (Å²) in [6.45, 7) is 5.51. The van der Waals surface area contributed by atoms with Gasteiger partial charge in [-0.2, -0.15) is 0 Å². The van der Waals surface area contributed by atoms with E-state index in [1.807, 2.05) is 13.8 Å². The summed E-state index contributed by atoms with van der Waals surface area (Å²) < 4.78 is 7.79. The highest BCUT2D eigenvalue weighted by Gasteiger charge is 2.07. The summed E-state index contributed by atoms with van der Waals surface area (Å²) in [7, 11) is 0. The Kier molecular flexibility index (Phi) is 4.96. The van der Waals surface area contributed by atoms with Crippen molar-refractivity contribution in [1.82, 2.24) is 9.13 Å². The molecule has 0 aliphatic heterocycles. The third-order valence-electron chi connectivity index (χ3n) is 2.41. The molecular formula is C11H19N3O3. The molecule has 0 spiro atoms. The van der Waals surface area contributed by atoms with Gasteiger partial charge >= 0.3 is 5.69 Å². The van der Waals surface area contributed by atoms with E-state index in [0.29, 0.717) is 19.8 Å². The molecule has 0 bridgehead atoms. The van der Waals surface area contributed by atoms with E-state index < -0.39 is 5.56 Å². The first-order valence-corrected chi connectivity index (χ1v) is 5.79. The molecule has 1 heterocycles. The number of hydrogen-bond donors (Lipinski definition) is 1. The highest BCUT2D eigenvalue weighted by Crippen LogP contribution is 1.90. The van der Waals surface area contributed by atoms with E-state index in [1.165, 1.54) is 10.8 Å². The van der Waals surface area contributed by atoms with E-state index >= 15 is 0 Å². The molecule has 0 atom stereocenters. The zero-order valence-electron chi connectivity index (χ0n) is 10.3. The van der Waals surface area contributed by atoms with E-state index in [2.05, 4.69) is 0 Å². The fourth-order valence-electron chi connectivity index (χ4n) is 1.50. The van der Waals surface area contributed by atoms with Crippen molar-refractivity contribution in [2.75, 3.05) is 18.9 Å². The Morgan fingerprint density at radius 1 is 1.29 bits per heavy atom. The number of nitrogens with zero attached hydrogens (tertiary/aromatic N) is 2. The number of aromatic nitrogens is 2. The molecule has 0 fully saturated rings. The molecule has 0 saturated heterocycles. The number of rotatable bonds is 6. The molecule has 0 aliphatic carbocycles. The minimum Gasteiger partial charge on any atom is -0.393 e. The Morgan fingerprint density at radius 3 is 2.59 bits per heavy atom. The van der Waals surface area contributed by atoms with E-state index in [-0.39, 0.29) is 17.9 Å². The zero-order chi connectivity index (χ0) is 12.8. The van der Waals surface area contributed by atoms with Crippen LogP contribution in [-0.4, -0.2) is 22.3 Å². The van der Waals surface area contributed by atoms with Crippen LogP contribution in [0, 0.1) is 0 Å². The van der Waals surface area contributed by atoms with Crippen LogP contribution in [0.3, 0.4) is 0 Å². The molecule has 6 nitrogen and oxygen atoms in total. The van der Waals surface area contributed by atoms with Gasteiger partial charge in [0, 0.05) is 19.3 Å². The van der Waals surface area contributed by atoms with Crippen LogP contribution in [0.5, 0.6) is 0 Å². The highest BCUT2D eigenvalue weighted by molar-refractivity contribution is 5.30. The molecule has 0 aliphatic rings. The van der Waals surface area contributed by atoms with Gasteiger partial charge in [0.2, 0.25) is 0 Å². The predicted octanol–water partition coefficient (Wildman–Crippen LogP) is 0.0387. The van der Waals surface area contributed by atoms with Crippen LogP contribution in [-0.2, 0) is 17.8 Å². The second-order valence-corrected chi connectivity index (χ2v) is 3.72. The molecule has 0 radical (unpaired) electrons. The first kappa shape index (κ1) is 13.5. The number of ether oxygens (including phenoxy) is 1. The van der Waals surface area contributed by atoms with Crippen molar-refractivity contribution in [3.63, 3.8) is 0 Å². The van der Waals surface area contributed by atoms with Gasteiger partial charge in [-0.05, 0) is 13.3 Å². The van der Waals surface area contributed by atoms with Gasteiger partial charge < -0.3 is 10.5 Å². The van der Waals surface area contributed by atoms with Crippen LogP contribution < -0.4 is 17.0 Å². The molecule has 17 heavy (non-hydrogen) atoms. The summed E-state index contributed by atoms with van der Waals surface area (Å²) in [6, 6.07) is 0. The van der Waals surface area contributed by atoms with Gasteiger partial charge in [0.1, 0.15) is 5.69 Å². The fourth-order valence-corrected chi connectivity index (χ4v) is 1.50. The summed E-state index contributed by atoms with van der Waals surface area (Å²) in [5, 5.41) is 0. The van der Waals surface area contributed by atoms with Crippen molar-refractivity contribution in [2.45, 2.75) is 33.4 Å². The highest BCUT2D eigenvalue weighted by atomic mass is 16.5. The van der Waals surface area contributed by atoms with Gasteiger partial charge in [0.05, 0.1) is 13.2 Å². The molecular weight excluding hydrogens is 222 g/mol. The number of nitrogens with two attached hydrogens (primary N) is 1. The van der Waals surface area contributed by atoms with Crippen LogP contribution >= 0.6 is 0 Å². The average Bonchev–Trinajstić information content (AvgIpc) is 2.33. The quantitative estimate of drug-likeness (QED) is 0.713. The number of aryl methyl sites for hydroxylation is 1. The smallest absolute Gasteiger partial charge is 0.331 e. The van der Waals surface area contributed by atoms with Gasteiger partial charge in [-0.1, -0.05) is 6.92 Å².